The minimum atomic E-state index is -4.15. The van der Waals surface area contributed by atoms with Crippen LogP contribution >= 0.6 is 8.25 Å². The molecule has 4 saturated heterocycles. The molecule has 28 heteroatoms. The molecule has 84 heavy (non-hydrogen) atoms. The summed E-state index contributed by atoms with van der Waals surface area (Å²) in [5.41, 5.74) is 0.275. The van der Waals surface area contributed by atoms with E-state index in [0.29, 0.717) is 0 Å². The van der Waals surface area contributed by atoms with Gasteiger partial charge in [0.15, 0.2) is 0 Å². The largest absolute Gasteiger partial charge is 0.783 e. The molecule has 2 aliphatic carbocycles. The molecule has 4 aromatic carbocycles. The van der Waals surface area contributed by atoms with Crippen molar-refractivity contribution in [1.29, 1.82) is 0 Å². The van der Waals surface area contributed by atoms with E-state index in [2.05, 4.69) is 20.6 Å². The monoisotopic (exact) mass is 1250 g/mol. The van der Waals surface area contributed by atoms with Crippen LogP contribution in [0.1, 0.15) is 126 Å². The first-order chi connectivity index (χ1) is 39.7. The van der Waals surface area contributed by atoms with Crippen molar-refractivity contribution < 1.29 is 68.0 Å². The van der Waals surface area contributed by atoms with Crippen molar-refractivity contribution in [3.63, 3.8) is 0 Å². The Balaban J connectivity index is 1.00. The number of rotatable bonds is 14. The fourth-order valence-electron chi connectivity index (χ4n) is 13.3. The highest BCUT2D eigenvalue weighted by Crippen LogP contribution is 2.39. The first-order valence-electron chi connectivity index (χ1n) is 28.1. The number of oxime groups is 4. The topological polar surface area (TPSA) is 293 Å². The Hall–Kier alpha value is -5.58. The van der Waals surface area contributed by atoms with E-state index in [4.69, 9.17) is 19.3 Å². The Morgan fingerprint density at radius 1 is 0.369 bits per heavy atom. The lowest BCUT2D eigenvalue weighted by atomic mass is 9.83. The lowest BCUT2D eigenvalue weighted by molar-refractivity contribution is -0.259. The van der Waals surface area contributed by atoms with Crippen LogP contribution < -0.4 is 0 Å². The van der Waals surface area contributed by atoms with Gasteiger partial charge in [0.25, 0.3) is 0 Å². The number of benzene rings is 4. The Morgan fingerprint density at radius 2 is 0.583 bits per heavy atom. The summed E-state index contributed by atoms with van der Waals surface area (Å²) in [5, 5.41) is 36.5. The average molecular weight is 1250 g/mol. The van der Waals surface area contributed by atoms with Crippen LogP contribution in [-0.2, 0) is 64.0 Å². The van der Waals surface area contributed by atoms with Crippen LogP contribution in [0.2, 0.25) is 0 Å². The van der Waals surface area contributed by atoms with E-state index in [1.54, 1.807) is 0 Å². The van der Waals surface area contributed by atoms with Crippen molar-refractivity contribution in [2.75, 3.05) is 52.4 Å². The fourth-order valence-corrected chi connectivity index (χ4v) is 20.3. The average Bonchev–Trinajstić information content (AvgIpc) is 2.31. The molecular weight excluding hydrogens is 1180 g/mol. The smallest absolute Gasteiger partial charge is 0.410 e. The Labute approximate surface area is 492 Å². The molecule has 8 atom stereocenters. The van der Waals surface area contributed by atoms with Crippen molar-refractivity contribution in [3.05, 3.63) is 117 Å². The Bertz CT molecular complexity index is 3370. The normalized spacial score (nSPS) is 25.8. The molecule has 0 spiro atoms. The van der Waals surface area contributed by atoms with Crippen LogP contribution in [0, 0.1) is 47.3 Å². The number of hydrogen-bond acceptors (Lipinski definition) is 19. The molecule has 0 amide bonds. The number of fused-ring (bicyclic) bond motifs is 4. The molecule has 4 aromatic rings. The maximum Gasteiger partial charge on any atom is 0.783 e. The second-order valence-electron chi connectivity index (χ2n) is 24.2. The predicted octanol–water partition coefficient (Wildman–Crippen LogP) is 8.19. The second-order valence-corrected chi connectivity index (χ2v) is 32.7. The third-order valence-electron chi connectivity index (χ3n) is 16.5. The lowest BCUT2D eigenvalue weighted by Crippen LogP contribution is -2.42. The van der Waals surface area contributed by atoms with E-state index >= 15 is 0 Å². The first kappa shape index (κ1) is 61.5. The lowest BCUT2D eigenvalue weighted by Gasteiger charge is -2.34. The number of piperidine rings is 4. The molecule has 4 aliphatic heterocycles. The van der Waals surface area contributed by atoms with Crippen LogP contribution in [0.4, 0.5) is 0 Å². The summed E-state index contributed by atoms with van der Waals surface area (Å²) in [6.45, 7) is 17.9. The van der Waals surface area contributed by atoms with E-state index < -0.39 is 48.3 Å². The maximum atomic E-state index is 14.4. The summed E-state index contributed by atoms with van der Waals surface area (Å²) in [6.07, 6.45) is 3.34. The predicted molar refractivity (Wildman–Crippen MR) is 311 cm³/mol. The van der Waals surface area contributed by atoms with Gasteiger partial charge in [-0.1, -0.05) is 90.0 Å². The van der Waals surface area contributed by atoms with Gasteiger partial charge in [-0.25, -0.2) is 33.7 Å². The fraction of sp³-hybridized carbons (Fsp3) is 0.500. The Kier molecular flexibility index (Phi) is 17.5. The van der Waals surface area contributed by atoms with Gasteiger partial charge in [0, 0.05) is 101 Å². The minimum absolute atomic E-state index is 0.0171. The molecule has 452 valence electrons. The Morgan fingerprint density at radius 3 is 0.786 bits per heavy atom. The molecule has 0 radical (unpaired) electrons. The second kappa shape index (κ2) is 23.9. The zero-order valence-electron chi connectivity index (χ0n) is 47.9. The molecule has 2 N–H and O–H groups in total. The molecular formula is C56H70N8O15PS4+. The number of sulfonamides is 4. The summed E-state index contributed by atoms with van der Waals surface area (Å²) in [4.78, 5) is 9.87. The molecule has 10 rings (SSSR count). The van der Waals surface area contributed by atoms with Crippen molar-refractivity contribution in [2.45, 2.75) is 101 Å². The van der Waals surface area contributed by atoms with Gasteiger partial charge in [-0.3, -0.25) is 0 Å². The van der Waals surface area contributed by atoms with E-state index in [9.17, 15) is 48.7 Å². The first-order valence-corrected chi connectivity index (χ1v) is 34.9. The molecule has 0 bridgehead atoms. The van der Waals surface area contributed by atoms with E-state index in [1.165, 1.54) is 90.0 Å². The quantitative estimate of drug-likeness (QED) is 0.0450. The standard InChI is InChI=1S/C56H69N8O15PS4/c1-33-17-34(2)26-61(25-33)81(68,69)41-9-13-45-49(21-41)55(50-22-42(10-14-46(50)53(45)57-65)82(70,71)62-27-35(3)18-36(4)28-62)59-76-78-80(67)79-77-60-56-51-23-43(83(72,73)63-29-37(5)19-38(6)30-63)11-15-47(51)54(58-66)48-16-12-44(24-52(48)56)84(74,75)64-31-39(7)20-40(8)32-64/h9-16,21-24,33-40H,17-20,25-32H2,1-8H3,(H-,65,66)/p+1/t33-,34+,35-,36+,37-,38+,39-,40+. The van der Waals surface area contributed by atoms with Gasteiger partial charge in [-0.15, -0.1) is 0 Å². The summed E-state index contributed by atoms with van der Waals surface area (Å²) in [5.74, 6) is 0.562. The van der Waals surface area contributed by atoms with Crippen LogP contribution in [0.15, 0.2) is 113 Å². The third kappa shape index (κ3) is 12.0. The number of hydrogen-bond donors (Lipinski definition) is 2. The number of nitrogens with zero attached hydrogens (tertiary/aromatic N) is 8. The van der Waals surface area contributed by atoms with Crippen molar-refractivity contribution >= 4 is 71.2 Å². The van der Waals surface area contributed by atoms with Crippen LogP contribution in [-0.4, -0.2) is 137 Å². The summed E-state index contributed by atoms with van der Waals surface area (Å²) in [6, 6.07) is 16.4. The zero-order valence-corrected chi connectivity index (χ0v) is 52.1. The van der Waals surface area contributed by atoms with Gasteiger partial charge in [0.1, 0.15) is 32.2 Å². The molecule has 0 unspecified atom stereocenters. The molecule has 4 fully saturated rings. The van der Waals surface area contributed by atoms with Gasteiger partial charge in [-0.2, -0.15) is 27.2 Å². The summed E-state index contributed by atoms with van der Waals surface area (Å²) >= 11 is 0. The van der Waals surface area contributed by atoms with Crippen molar-refractivity contribution in [1.82, 2.24) is 17.2 Å². The molecule has 4 heterocycles. The maximum absolute atomic E-state index is 14.4. The summed E-state index contributed by atoms with van der Waals surface area (Å²) in [7, 11) is -20.2. The van der Waals surface area contributed by atoms with Crippen molar-refractivity contribution in [2.24, 2.45) is 68.0 Å². The van der Waals surface area contributed by atoms with Crippen LogP contribution in [0.3, 0.4) is 0 Å². The minimum Gasteiger partial charge on any atom is -0.410 e. The third-order valence-corrected chi connectivity index (χ3v) is 24.2. The van der Waals surface area contributed by atoms with Crippen molar-refractivity contribution in [3.8, 4) is 0 Å². The zero-order chi connectivity index (χ0) is 60.4. The highest BCUT2D eigenvalue weighted by Gasteiger charge is 2.41. The molecule has 6 aliphatic rings. The summed E-state index contributed by atoms with van der Waals surface area (Å²) < 4.78 is 144. The molecule has 0 aromatic heterocycles. The van der Waals surface area contributed by atoms with E-state index in [1.807, 2.05) is 55.4 Å². The van der Waals surface area contributed by atoms with Gasteiger partial charge in [0.2, 0.25) is 40.1 Å². The highest BCUT2D eigenvalue weighted by atomic mass is 32.2. The van der Waals surface area contributed by atoms with Gasteiger partial charge in [-0.05, 0) is 132 Å². The van der Waals surface area contributed by atoms with Crippen LogP contribution in [0.5, 0.6) is 0 Å². The van der Waals surface area contributed by atoms with Crippen LogP contribution in [0.25, 0.3) is 0 Å². The van der Waals surface area contributed by atoms with Gasteiger partial charge in [0.05, 0.1) is 19.6 Å². The highest BCUT2D eigenvalue weighted by molar-refractivity contribution is 7.90. The van der Waals surface area contributed by atoms with E-state index in [0.717, 1.165) is 25.7 Å². The van der Waals surface area contributed by atoms with Gasteiger partial charge < -0.3 is 10.4 Å². The van der Waals surface area contributed by atoms with E-state index in [-0.39, 0.29) is 187 Å². The molecule has 0 saturated carbocycles. The van der Waals surface area contributed by atoms with Gasteiger partial charge >= 0.3 is 8.25 Å². The molecule has 23 nitrogen and oxygen atoms in total. The SMILES string of the molecule is C[C@@H]1C[C@H](C)CN(S(=O)(=O)c2ccc3c(c2)C(=NOO[P+](=O)OON=C2c4cc(S(=O)(=O)N5C[C@H](C)C[C@H](C)C5)ccc4C(=NO)c4ccc(S(=O)(=O)N5C[C@H](C)C[C@H](C)C5)cc42)c2cc(S(=O)(=O)N4C[C@H](C)C[C@H](C)C4)ccc2C3=NO)C1.